The molecule has 0 amide bonds. The van der Waals surface area contributed by atoms with Crippen LogP contribution in [-0.2, 0) is 4.74 Å². The number of ketones is 1. The second-order valence-corrected chi connectivity index (χ2v) is 3.24. The third kappa shape index (κ3) is 3.71. The quantitative estimate of drug-likeness (QED) is 0.511. The minimum atomic E-state index is 0.224. The Morgan fingerprint density at radius 2 is 1.93 bits per heavy atom. The Bertz CT molecular complexity index is 267. The lowest BCUT2D eigenvalue weighted by atomic mass is 10.1. The zero-order valence-electron chi connectivity index (χ0n) is 8.53. The summed E-state index contributed by atoms with van der Waals surface area (Å²) in [6, 6.07) is 9.42. The van der Waals surface area contributed by atoms with Crippen molar-refractivity contribution in [2.24, 2.45) is 0 Å². The Hall–Kier alpha value is -1.15. The maximum Gasteiger partial charge on any atom is 0.162 e. The molecule has 1 aromatic rings. The second-order valence-electron chi connectivity index (χ2n) is 3.24. The Kier molecular flexibility index (Phi) is 4.94. The molecule has 2 heteroatoms. The first-order valence-electron chi connectivity index (χ1n) is 4.92. The molecule has 0 saturated heterocycles. The van der Waals surface area contributed by atoms with Gasteiger partial charge in [-0.05, 0) is 12.8 Å². The van der Waals surface area contributed by atoms with E-state index < -0.39 is 0 Å². The number of unbranched alkanes of at least 4 members (excludes halogenated alkanes) is 1. The van der Waals surface area contributed by atoms with Crippen molar-refractivity contribution < 1.29 is 9.53 Å². The predicted octanol–water partition coefficient (Wildman–Crippen LogP) is 2.69. The zero-order valence-corrected chi connectivity index (χ0v) is 8.53. The molecule has 0 heterocycles. The van der Waals surface area contributed by atoms with E-state index in [9.17, 15) is 4.79 Å². The smallest absolute Gasteiger partial charge is 0.162 e. The van der Waals surface area contributed by atoms with Gasteiger partial charge >= 0.3 is 0 Å². The molecule has 0 aliphatic carbocycles. The first-order chi connectivity index (χ1) is 6.84. The van der Waals surface area contributed by atoms with Crippen LogP contribution >= 0.6 is 0 Å². The molecule has 1 rings (SSSR count). The first kappa shape index (κ1) is 10.9. The number of methoxy groups -OCH3 is 1. The summed E-state index contributed by atoms with van der Waals surface area (Å²) < 4.78 is 4.92. The van der Waals surface area contributed by atoms with E-state index in [1.807, 2.05) is 30.3 Å². The average Bonchev–Trinajstić information content (AvgIpc) is 2.25. The van der Waals surface area contributed by atoms with Gasteiger partial charge in [0.05, 0.1) is 0 Å². The molecule has 1 aromatic carbocycles. The van der Waals surface area contributed by atoms with Gasteiger partial charge in [0.25, 0.3) is 0 Å². The number of Topliss-reactive ketones (excluding diaryl/α,β-unsaturated/α-hetero) is 1. The van der Waals surface area contributed by atoms with Gasteiger partial charge in [0.2, 0.25) is 0 Å². The number of carbonyl (C=O) groups excluding carboxylic acids is 1. The van der Waals surface area contributed by atoms with Crippen LogP contribution in [0.2, 0.25) is 0 Å². The van der Waals surface area contributed by atoms with Gasteiger partial charge in [-0.1, -0.05) is 30.3 Å². The molecule has 0 aliphatic heterocycles. The Labute approximate surface area is 84.9 Å². The molecule has 76 valence electrons. The molecular weight excluding hydrogens is 176 g/mol. The van der Waals surface area contributed by atoms with Crippen LogP contribution in [0.1, 0.15) is 29.6 Å². The van der Waals surface area contributed by atoms with Crippen molar-refractivity contribution in [3.63, 3.8) is 0 Å². The van der Waals surface area contributed by atoms with Crippen molar-refractivity contribution in [1.82, 2.24) is 0 Å². The van der Waals surface area contributed by atoms with Crippen molar-refractivity contribution in [3.8, 4) is 0 Å². The molecule has 0 radical (unpaired) electrons. The summed E-state index contributed by atoms with van der Waals surface area (Å²) in [7, 11) is 1.68. The molecule has 0 fully saturated rings. The SMILES string of the molecule is COCCCCC(=O)c1ccccc1. The van der Waals surface area contributed by atoms with E-state index in [2.05, 4.69) is 0 Å². The highest BCUT2D eigenvalue weighted by Crippen LogP contribution is 2.06. The molecule has 0 aliphatic rings. The number of benzene rings is 1. The molecular formula is C12H16O2. The molecule has 2 nitrogen and oxygen atoms in total. The molecule has 0 unspecified atom stereocenters. The van der Waals surface area contributed by atoms with Gasteiger partial charge in [-0.25, -0.2) is 0 Å². The average molecular weight is 192 g/mol. The van der Waals surface area contributed by atoms with E-state index in [1.165, 1.54) is 0 Å². The van der Waals surface area contributed by atoms with Crippen LogP contribution in [-0.4, -0.2) is 19.5 Å². The molecule has 0 N–H and O–H groups in total. The highest BCUT2D eigenvalue weighted by atomic mass is 16.5. The van der Waals surface area contributed by atoms with E-state index >= 15 is 0 Å². The van der Waals surface area contributed by atoms with Gasteiger partial charge < -0.3 is 4.74 Å². The van der Waals surface area contributed by atoms with Gasteiger partial charge in [-0.15, -0.1) is 0 Å². The zero-order chi connectivity index (χ0) is 10.2. The Morgan fingerprint density at radius 1 is 1.21 bits per heavy atom. The van der Waals surface area contributed by atoms with Gasteiger partial charge in [0, 0.05) is 25.7 Å². The van der Waals surface area contributed by atoms with Crippen LogP contribution in [0, 0.1) is 0 Å². The van der Waals surface area contributed by atoms with E-state index in [0.717, 1.165) is 25.0 Å². The van der Waals surface area contributed by atoms with Crippen LogP contribution < -0.4 is 0 Å². The molecule has 0 saturated carbocycles. The third-order valence-corrected chi connectivity index (χ3v) is 2.10. The molecule has 0 aromatic heterocycles. The summed E-state index contributed by atoms with van der Waals surface area (Å²) >= 11 is 0. The number of rotatable bonds is 6. The second kappa shape index (κ2) is 6.33. The summed E-state index contributed by atoms with van der Waals surface area (Å²) in [6.07, 6.45) is 2.48. The van der Waals surface area contributed by atoms with Gasteiger partial charge in [0.1, 0.15) is 0 Å². The van der Waals surface area contributed by atoms with Crippen molar-refractivity contribution in [3.05, 3.63) is 35.9 Å². The minimum absolute atomic E-state index is 0.224. The topological polar surface area (TPSA) is 26.3 Å². The molecule has 0 atom stereocenters. The monoisotopic (exact) mass is 192 g/mol. The maximum absolute atomic E-state index is 11.6. The molecule has 0 spiro atoms. The Morgan fingerprint density at radius 3 is 2.57 bits per heavy atom. The predicted molar refractivity (Wildman–Crippen MR) is 56.5 cm³/mol. The number of carbonyl (C=O) groups is 1. The summed E-state index contributed by atoms with van der Waals surface area (Å²) in [5.41, 5.74) is 0.810. The highest BCUT2D eigenvalue weighted by molar-refractivity contribution is 5.95. The lowest BCUT2D eigenvalue weighted by molar-refractivity contribution is 0.0975. The number of hydrogen-bond acceptors (Lipinski definition) is 2. The summed E-state index contributed by atoms with van der Waals surface area (Å²) in [6.45, 7) is 0.738. The maximum atomic E-state index is 11.6. The molecule has 0 bridgehead atoms. The highest BCUT2D eigenvalue weighted by Gasteiger charge is 2.03. The molecule has 14 heavy (non-hydrogen) atoms. The lowest BCUT2D eigenvalue weighted by Crippen LogP contribution is -1.99. The van der Waals surface area contributed by atoms with Crippen LogP contribution in [0.4, 0.5) is 0 Å². The summed E-state index contributed by atoms with van der Waals surface area (Å²) in [5, 5.41) is 0. The van der Waals surface area contributed by atoms with Crippen molar-refractivity contribution >= 4 is 5.78 Å². The fraction of sp³-hybridized carbons (Fsp3) is 0.417. The van der Waals surface area contributed by atoms with E-state index in [1.54, 1.807) is 7.11 Å². The normalized spacial score (nSPS) is 10.1. The Balaban J connectivity index is 2.29. The van der Waals surface area contributed by atoms with Crippen LogP contribution in [0.3, 0.4) is 0 Å². The van der Waals surface area contributed by atoms with Crippen LogP contribution in [0.5, 0.6) is 0 Å². The van der Waals surface area contributed by atoms with Crippen molar-refractivity contribution in [1.29, 1.82) is 0 Å². The number of ether oxygens (including phenoxy) is 1. The van der Waals surface area contributed by atoms with Crippen LogP contribution in [0.25, 0.3) is 0 Å². The summed E-state index contributed by atoms with van der Waals surface area (Å²) in [4.78, 5) is 11.6. The van der Waals surface area contributed by atoms with E-state index in [0.29, 0.717) is 6.42 Å². The lowest BCUT2D eigenvalue weighted by Gasteiger charge is -2.00. The van der Waals surface area contributed by atoms with Gasteiger partial charge in [0.15, 0.2) is 5.78 Å². The summed E-state index contributed by atoms with van der Waals surface area (Å²) in [5.74, 6) is 0.224. The third-order valence-electron chi connectivity index (χ3n) is 2.10. The van der Waals surface area contributed by atoms with Crippen molar-refractivity contribution in [2.75, 3.05) is 13.7 Å². The standard InChI is InChI=1S/C12H16O2/c1-14-10-6-5-9-12(13)11-7-3-2-4-8-11/h2-4,7-8H,5-6,9-10H2,1H3. The largest absolute Gasteiger partial charge is 0.385 e. The van der Waals surface area contributed by atoms with Gasteiger partial charge in [-0.2, -0.15) is 0 Å². The van der Waals surface area contributed by atoms with E-state index in [-0.39, 0.29) is 5.78 Å². The fourth-order valence-corrected chi connectivity index (χ4v) is 1.30. The minimum Gasteiger partial charge on any atom is -0.385 e. The fourth-order valence-electron chi connectivity index (χ4n) is 1.30. The van der Waals surface area contributed by atoms with E-state index in [4.69, 9.17) is 4.74 Å². The first-order valence-corrected chi connectivity index (χ1v) is 4.92. The van der Waals surface area contributed by atoms with Crippen LogP contribution in [0.15, 0.2) is 30.3 Å². The van der Waals surface area contributed by atoms with Gasteiger partial charge in [-0.3, -0.25) is 4.79 Å². The number of hydrogen-bond donors (Lipinski definition) is 0. The van der Waals surface area contributed by atoms with Crippen molar-refractivity contribution in [2.45, 2.75) is 19.3 Å².